The molecule has 0 saturated carbocycles. The lowest BCUT2D eigenvalue weighted by Crippen LogP contribution is -2.45. The molecule has 0 N–H and O–H groups in total. The number of carbonyl (C=O) groups is 1. The lowest BCUT2D eigenvalue weighted by atomic mass is 10.1. The molecule has 0 aromatic rings. The van der Waals surface area contributed by atoms with Gasteiger partial charge in [0, 0.05) is 19.6 Å². The van der Waals surface area contributed by atoms with E-state index in [1.54, 1.807) is 0 Å². The molecular weight excluding hydrogens is 273 g/mol. The van der Waals surface area contributed by atoms with E-state index < -0.39 is 34.6 Å². The molecule has 0 bridgehead atoms. The van der Waals surface area contributed by atoms with Crippen LogP contribution in [-0.4, -0.2) is 48.7 Å². The molecule has 2 heterocycles. The summed E-state index contributed by atoms with van der Waals surface area (Å²) in [7, 11) is -4.06. The van der Waals surface area contributed by atoms with Crippen LogP contribution in [-0.2, 0) is 15.0 Å². The number of carbonyl (C=O) groups excluding carboxylic acids is 1. The first-order valence-corrected chi connectivity index (χ1v) is 7.02. The highest BCUT2D eigenvalue weighted by Gasteiger charge is 2.53. The van der Waals surface area contributed by atoms with Crippen LogP contribution in [0.4, 0.5) is 13.2 Å². The van der Waals surface area contributed by atoms with Crippen LogP contribution >= 0.6 is 0 Å². The van der Waals surface area contributed by atoms with Gasteiger partial charge in [-0.1, -0.05) is 0 Å². The summed E-state index contributed by atoms with van der Waals surface area (Å²) in [5.74, 6) is -3.54. The molecule has 18 heavy (non-hydrogen) atoms. The maximum absolute atomic E-state index is 12.5. The molecule has 2 fully saturated rings. The quantitative estimate of drug-likeness (QED) is 0.752. The normalized spacial score (nSPS) is 27.2. The van der Waals surface area contributed by atoms with Gasteiger partial charge in [-0.05, 0) is 19.3 Å². The Labute approximate surface area is 103 Å². The zero-order chi connectivity index (χ0) is 13.6. The summed E-state index contributed by atoms with van der Waals surface area (Å²) in [6.07, 6.45) is -3.82. The van der Waals surface area contributed by atoms with Gasteiger partial charge >= 0.3 is 16.4 Å². The number of alkyl halides is 3. The van der Waals surface area contributed by atoms with E-state index in [0.717, 1.165) is 4.31 Å². The number of nitrogens with zero attached hydrogens (tertiary/aromatic N) is 2. The van der Waals surface area contributed by atoms with E-state index in [9.17, 15) is 26.4 Å². The Kier molecular flexibility index (Phi) is 3.30. The molecule has 2 saturated heterocycles. The standard InChI is InChI=1S/C9H13F3N2O3S/c10-9(11,12)7-3-6-14(8(7)15)18(16,17)13-4-1-2-5-13/h7H,1-6H2. The van der Waals surface area contributed by atoms with Crippen LogP contribution in [0.3, 0.4) is 0 Å². The maximum atomic E-state index is 12.5. The van der Waals surface area contributed by atoms with E-state index in [1.165, 1.54) is 0 Å². The lowest BCUT2D eigenvalue weighted by Gasteiger charge is -2.23. The smallest absolute Gasteiger partial charge is 0.273 e. The fourth-order valence-corrected chi connectivity index (χ4v) is 3.93. The maximum Gasteiger partial charge on any atom is 0.400 e. The molecule has 0 radical (unpaired) electrons. The fraction of sp³-hybridized carbons (Fsp3) is 0.889. The minimum atomic E-state index is -4.67. The molecule has 0 aromatic heterocycles. The highest BCUT2D eigenvalue weighted by atomic mass is 32.2. The van der Waals surface area contributed by atoms with Crippen molar-refractivity contribution in [1.29, 1.82) is 0 Å². The summed E-state index contributed by atoms with van der Waals surface area (Å²) in [6.45, 7) is 0.146. The van der Waals surface area contributed by atoms with E-state index in [4.69, 9.17) is 0 Å². The molecule has 1 atom stereocenters. The molecule has 9 heteroatoms. The third-order valence-electron chi connectivity index (χ3n) is 3.23. The zero-order valence-corrected chi connectivity index (χ0v) is 10.3. The molecule has 2 aliphatic rings. The average molecular weight is 286 g/mol. The number of amides is 1. The van der Waals surface area contributed by atoms with Crippen molar-refractivity contribution in [2.75, 3.05) is 19.6 Å². The summed E-state index contributed by atoms with van der Waals surface area (Å²) in [5.41, 5.74) is 0. The molecule has 104 valence electrons. The predicted octanol–water partition coefficient (Wildman–Crippen LogP) is 0.738. The summed E-state index contributed by atoms with van der Waals surface area (Å²) in [5, 5.41) is 0. The van der Waals surface area contributed by atoms with Crippen LogP contribution in [0.25, 0.3) is 0 Å². The van der Waals surface area contributed by atoms with Gasteiger partial charge in [0.05, 0.1) is 0 Å². The van der Waals surface area contributed by atoms with Gasteiger partial charge in [0.25, 0.3) is 0 Å². The minimum absolute atomic E-state index is 0.267. The van der Waals surface area contributed by atoms with Crippen LogP contribution in [0.15, 0.2) is 0 Å². The number of halogens is 3. The lowest BCUT2D eigenvalue weighted by molar-refractivity contribution is -0.179. The van der Waals surface area contributed by atoms with Gasteiger partial charge in [-0.3, -0.25) is 4.79 Å². The van der Waals surface area contributed by atoms with Gasteiger partial charge in [-0.15, -0.1) is 0 Å². The van der Waals surface area contributed by atoms with Crippen molar-refractivity contribution in [3.05, 3.63) is 0 Å². The van der Waals surface area contributed by atoms with Gasteiger partial charge < -0.3 is 0 Å². The van der Waals surface area contributed by atoms with Crippen LogP contribution < -0.4 is 0 Å². The number of hydrogen-bond acceptors (Lipinski definition) is 3. The molecule has 2 aliphatic heterocycles. The monoisotopic (exact) mass is 286 g/mol. The largest absolute Gasteiger partial charge is 0.400 e. The summed E-state index contributed by atoms with van der Waals surface area (Å²) in [4.78, 5) is 11.6. The first kappa shape index (κ1) is 13.6. The number of rotatable bonds is 2. The Balaban J connectivity index is 2.18. The van der Waals surface area contributed by atoms with Gasteiger partial charge in [0.2, 0.25) is 5.91 Å². The van der Waals surface area contributed by atoms with Gasteiger partial charge in [0.1, 0.15) is 5.92 Å². The van der Waals surface area contributed by atoms with Crippen LogP contribution in [0.1, 0.15) is 19.3 Å². The summed E-state index contributed by atoms with van der Waals surface area (Å²) < 4.78 is 62.9. The van der Waals surface area contributed by atoms with Crippen molar-refractivity contribution >= 4 is 16.1 Å². The average Bonchev–Trinajstić information content (AvgIpc) is 2.83. The van der Waals surface area contributed by atoms with Crippen molar-refractivity contribution in [1.82, 2.24) is 8.61 Å². The van der Waals surface area contributed by atoms with E-state index in [1.807, 2.05) is 0 Å². The van der Waals surface area contributed by atoms with Crippen molar-refractivity contribution in [3.63, 3.8) is 0 Å². The molecule has 5 nitrogen and oxygen atoms in total. The molecule has 0 aliphatic carbocycles. The number of hydrogen-bond donors (Lipinski definition) is 0. The van der Waals surface area contributed by atoms with Gasteiger partial charge in [0.15, 0.2) is 0 Å². The van der Waals surface area contributed by atoms with E-state index in [-0.39, 0.29) is 19.6 Å². The van der Waals surface area contributed by atoms with Gasteiger partial charge in [-0.25, -0.2) is 4.31 Å². The van der Waals surface area contributed by atoms with Crippen molar-refractivity contribution in [2.45, 2.75) is 25.4 Å². The SMILES string of the molecule is O=C1C(C(F)(F)F)CCN1S(=O)(=O)N1CCCC1. The fourth-order valence-electron chi connectivity index (χ4n) is 2.24. The summed E-state index contributed by atoms with van der Waals surface area (Å²) >= 11 is 0. The van der Waals surface area contributed by atoms with E-state index in [2.05, 4.69) is 0 Å². The van der Waals surface area contributed by atoms with E-state index >= 15 is 0 Å². The molecule has 1 unspecified atom stereocenters. The Bertz CT molecular complexity index is 442. The Hall–Kier alpha value is -0.830. The second kappa shape index (κ2) is 4.37. The third kappa shape index (κ3) is 2.20. The molecule has 0 aromatic carbocycles. The van der Waals surface area contributed by atoms with Crippen LogP contribution in [0, 0.1) is 5.92 Å². The molecule has 0 spiro atoms. The van der Waals surface area contributed by atoms with Crippen molar-refractivity contribution in [2.24, 2.45) is 5.92 Å². The second-order valence-corrected chi connectivity index (χ2v) is 6.26. The topological polar surface area (TPSA) is 57.7 Å². The molecule has 2 rings (SSSR count). The van der Waals surface area contributed by atoms with E-state index in [0.29, 0.717) is 17.1 Å². The van der Waals surface area contributed by atoms with Crippen LogP contribution in [0.2, 0.25) is 0 Å². The minimum Gasteiger partial charge on any atom is -0.273 e. The predicted molar refractivity (Wildman–Crippen MR) is 55.6 cm³/mol. The Morgan fingerprint density at radius 1 is 1.11 bits per heavy atom. The Morgan fingerprint density at radius 3 is 2.11 bits per heavy atom. The third-order valence-corrected chi connectivity index (χ3v) is 5.17. The van der Waals surface area contributed by atoms with Crippen molar-refractivity contribution in [3.8, 4) is 0 Å². The first-order valence-electron chi connectivity index (χ1n) is 5.63. The Morgan fingerprint density at radius 2 is 1.67 bits per heavy atom. The first-order chi connectivity index (χ1) is 8.24. The summed E-state index contributed by atoms with van der Waals surface area (Å²) in [6, 6.07) is 0. The highest BCUT2D eigenvalue weighted by Crippen LogP contribution is 2.36. The zero-order valence-electron chi connectivity index (χ0n) is 9.48. The second-order valence-electron chi connectivity index (χ2n) is 4.41. The molecular formula is C9H13F3N2O3S. The molecule has 1 amide bonds. The van der Waals surface area contributed by atoms with Crippen molar-refractivity contribution < 1.29 is 26.4 Å². The highest BCUT2D eigenvalue weighted by molar-refractivity contribution is 7.87. The van der Waals surface area contributed by atoms with Gasteiger partial charge in [-0.2, -0.15) is 25.9 Å². The van der Waals surface area contributed by atoms with Crippen LogP contribution in [0.5, 0.6) is 0 Å².